The molecule has 0 aromatic carbocycles. The van der Waals surface area contributed by atoms with Gasteiger partial charge >= 0.3 is 0 Å². The Hall–Kier alpha value is -0.870. The van der Waals surface area contributed by atoms with Gasteiger partial charge in [0.2, 0.25) is 0 Å². The predicted octanol–water partition coefficient (Wildman–Crippen LogP) is 2.99. The highest BCUT2D eigenvalue weighted by molar-refractivity contribution is 9.10. The molecule has 2 aromatic rings. The number of halogens is 2. The molecule has 2 aromatic heterocycles. The third-order valence-corrected chi connectivity index (χ3v) is 2.48. The molecule has 72 valence electrons. The summed E-state index contributed by atoms with van der Waals surface area (Å²) in [5.41, 5.74) is 0.984. The van der Waals surface area contributed by atoms with E-state index in [1.165, 1.54) is 0 Å². The molecule has 0 radical (unpaired) electrons. The molecule has 0 N–H and O–H groups in total. The second-order valence-electron chi connectivity index (χ2n) is 2.83. The number of aryl methyl sites for hydroxylation is 1. The van der Waals surface area contributed by atoms with Crippen LogP contribution in [0.3, 0.4) is 0 Å². The summed E-state index contributed by atoms with van der Waals surface area (Å²) in [6, 6.07) is 5.49. The molecule has 0 amide bonds. The summed E-state index contributed by atoms with van der Waals surface area (Å²) in [6.45, 7) is 1.95. The third-order valence-electron chi connectivity index (χ3n) is 1.80. The fourth-order valence-corrected chi connectivity index (χ4v) is 1.88. The zero-order valence-corrected chi connectivity index (χ0v) is 9.75. The van der Waals surface area contributed by atoms with Crippen molar-refractivity contribution in [2.75, 3.05) is 0 Å². The molecule has 0 aliphatic carbocycles. The van der Waals surface area contributed by atoms with Crippen molar-refractivity contribution in [3.8, 4) is 5.82 Å². The Morgan fingerprint density at radius 1 is 1.50 bits per heavy atom. The maximum absolute atomic E-state index is 6.00. The third kappa shape index (κ3) is 1.67. The van der Waals surface area contributed by atoms with Gasteiger partial charge in [0.1, 0.15) is 4.60 Å². The summed E-state index contributed by atoms with van der Waals surface area (Å²) in [4.78, 5) is 4.17. The van der Waals surface area contributed by atoms with E-state index in [1.807, 2.05) is 13.0 Å². The van der Waals surface area contributed by atoms with Crippen molar-refractivity contribution >= 4 is 27.5 Å². The van der Waals surface area contributed by atoms with Crippen LogP contribution in [0.2, 0.25) is 5.02 Å². The maximum Gasteiger partial charge on any atom is 0.172 e. The van der Waals surface area contributed by atoms with Gasteiger partial charge in [-0.25, -0.2) is 9.67 Å². The topological polar surface area (TPSA) is 30.7 Å². The summed E-state index contributed by atoms with van der Waals surface area (Å²) in [5, 5.41) is 4.82. The Balaban J connectivity index is 2.60. The number of aromatic nitrogens is 3. The molecule has 5 heteroatoms. The van der Waals surface area contributed by atoms with Crippen molar-refractivity contribution in [3.63, 3.8) is 0 Å². The molecule has 0 saturated carbocycles. The van der Waals surface area contributed by atoms with Crippen LogP contribution in [0.15, 0.2) is 29.0 Å². The average molecular weight is 273 g/mol. The van der Waals surface area contributed by atoms with Crippen molar-refractivity contribution in [3.05, 3.63) is 39.7 Å². The normalized spacial score (nSPS) is 10.5. The van der Waals surface area contributed by atoms with Gasteiger partial charge in [0.25, 0.3) is 0 Å². The van der Waals surface area contributed by atoms with E-state index in [1.54, 1.807) is 23.0 Å². The van der Waals surface area contributed by atoms with Crippen molar-refractivity contribution in [2.45, 2.75) is 6.92 Å². The molecule has 0 bridgehead atoms. The molecule has 2 heterocycles. The Bertz CT molecular complexity index is 467. The van der Waals surface area contributed by atoms with E-state index in [9.17, 15) is 0 Å². The number of pyridine rings is 1. The highest BCUT2D eigenvalue weighted by Gasteiger charge is 2.08. The van der Waals surface area contributed by atoms with Crippen LogP contribution in [0.4, 0.5) is 0 Å². The second kappa shape index (κ2) is 3.71. The number of nitrogens with zero attached hydrogens (tertiary/aromatic N) is 3. The van der Waals surface area contributed by atoms with Gasteiger partial charge in [-0.2, -0.15) is 5.10 Å². The van der Waals surface area contributed by atoms with E-state index < -0.39 is 0 Å². The van der Waals surface area contributed by atoms with Crippen LogP contribution in [0.5, 0.6) is 0 Å². The smallest absolute Gasteiger partial charge is 0.172 e. The lowest BCUT2D eigenvalue weighted by Gasteiger charge is -2.03. The Kier molecular flexibility index (Phi) is 2.56. The zero-order valence-electron chi connectivity index (χ0n) is 7.41. The van der Waals surface area contributed by atoms with Gasteiger partial charge in [0.15, 0.2) is 5.82 Å². The van der Waals surface area contributed by atoms with Crippen molar-refractivity contribution < 1.29 is 0 Å². The molecule has 3 nitrogen and oxygen atoms in total. The van der Waals surface area contributed by atoms with Crippen LogP contribution in [0.25, 0.3) is 5.82 Å². The average Bonchev–Trinajstić information content (AvgIpc) is 2.46. The lowest BCUT2D eigenvalue weighted by Crippen LogP contribution is -2.01. The summed E-state index contributed by atoms with van der Waals surface area (Å²) >= 11 is 9.30. The van der Waals surface area contributed by atoms with E-state index in [4.69, 9.17) is 11.6 Å². The molecule has 2 rings (SSSR count). The lowest BCUT2D eigenvalue weighted by atomic mass is 10.4. The van der Waals surface area contributed by atoms with Crippen LogP contribution in [-0.4, -0.2) is 14.8 Å². The molecular formula is C9H7BrClN3. The van der Waals surface area contributed by atoms with Gasteiger partial charge in [-0.1, -0.05) is 11.6 Å². The van der Waals surface area contributed by atoms with Gasteiger partial charge in [-0.15, -0.1) is 0 Å². The van der Waals surface area contributed by atoms with Crippen LogP contribution < -0.4 is 0 Å². The second-order valence-corrected chi connectivity index (χ2v) is 4.05. The SMILES string of the molecule is Cc1cc(Br)nn1-c1ncccc1Cl. The van der Waals surface area contributed by atoms with Gasteiger partial charge in [-0.3, -0.25) is 0 Å². The first-order chi connectivity index (χ1) is 6.68. The van der Waals surface area contributed by atoms with E-state index in [2.05, 4.69) is 26.0 Å². The first kappa shape index (κ1) is 9.68. The van der Waals surface area contributed by atoms with Gasteiger partial charge in [-0.05, 0) is 41.1 Å². The minimum atomic E-state index is 0.589. The Morgan fingerprint density at radius 2 is 2.29 bits per heavy atom. The molecule has 0 atom stereocenters. The Morgan fingerprint density at radius 3 is 2.86 bits per heavy atom. The summed E-state index contributed by atoms with van der Waals surface area (Å²) in [7, 11) is 0. The minimum Gasteiger partial charge on any atom is -0.236 e. The van der Waals surface area contributed by atoms with Crippen LogP contribution >= 0.6 is 27.5 Å². The van der Waals surface area contributed by atoms with Crippen LogP contribution in [0, 0.1) is 6.92 Å². The lowest BCUT2D eigenvalue weighted by molar-refractivity contribution is 0.811. The van der Waals surface area contributed by atoms with Gasteiger partial charge < -0.3 is 0 Å². The molecule has 0 aliphatic rings. The van der Waals surface area contributed by atoms with Crippen molar-refractivity contribution in [2.24, 2.45) is 0 Å². The molecule has 0 fully saturated rings. The molecule has 14 heavy (non-hydrogen) atoms. The first-order valence-electron chi connectivity index (χ1n) is 4.01. The first-order valence-corrected chi connectivity index (χ1v) is 5.18. The fraction of sp³-hybridized carbons (Fsp3) is 0.111. The number of hydrogen-bond acceptors (Lipinski definition) is 2. The standard InChI is InChI=1S/C9H7BrClN3/c1-6-5-8(10)13-14(6)9-7(11)3-2-4-12-9/h2-5H,1H3. The minimum absolute atomic E-state index is 0.589. The zero-order chi connectivity index (χ0) is 10.1. The van der Waals surface area contributed by atoms with Crippen LogP contribution in [-0.2, 0) is 0 Å². The molecule has 0 aliphatic heterocycles. The van der Waals surface area contributed by atoms with Crippen molar-refractivity contribution in [1.29, 1.82) is 0 Å². The summed E-state index contributed by atoms with van der Waals surface area (Å²) in [5.74, 6) is 0.650. The molecular weight excluding hydrogens is 265 g/mol. The Labute approximate surface area is 94.9 Å². The predicted molar refractivity (Wildman–Crippen MR) is 58.8 cm³/mol. The van der Waals surface area contributed by atoms with E-state index in [0.29, 0.717) is 10.8 Å². The van der Waals surface area contributed by atoms with E-state index in [0.717, 1.165) is 10.3 Å². The van der Waals surface area contributed by atoms with Crippen molar-refractivity contribution in [1.82, 2.24) is 14.8 Å². The highest BCUT2D eigenvalue weighted by atomic mass is 79.9. The largest absolute Gasteiger partial charge is 0.236 e. The molecule has 0 unspecified atom stereocenters. The van der Waals surface area contributed by atoms with Gasteiger partial charge in [0, 0.05) is 11.9 Å². The number of hydrogen-bond donors (Lipinski definition) is 0. The van der Waals surface area contributed by atoms with Gasteiger partial charge in [0.05, 0.1) is 5.02 Å². The summed E-state index contributed by atoms with van der Waals surface area (Å²) in [6.07, 6.45) is 1.69. The van der Waals surface area contributed by atoms with E-state index >= 15 is 0 Å². The molecule has 0 spiro atoms. The van der Waals surface area contributed by atoms with E-state index in [-0.39, 0.29) is 0 Å². The molecule has 0 saturated heterocycles. The maximum atomic E-state index is 6.00. The summed E-state index contributed by atoms with van der Waals surface area (Å²) < 4.78 is 2.48. The highest BCUT2D eigenvalue weighted by Crippen LogP contribution is 2.20. The quantitative estimate of drug-likeness (QED) is 0.799. The van der Waals surface area contributed by atoms with Crippen LogP contribution in [0.1, 0.15) is 5.69 Å². The monoisotopic (exact) mass is 271 g/mol. The number of rotatable bonds is 1. The fourth-order valence-electron chi connectivity index (χ4n) is 1.18.